The predicted octanol–water partition coefficient (Wildman–Crippen LogP) is 5.54. The highest BCUT2D eigenvalue weighted by Gasteiger charge is 2.18. The fraction of sp³-hybridized carbons (Fsp3) is 0.276. The number of nitrogens with one attached hydrogen (secondary N) is 1. The third-order valence-corrected chi connectivity index (χ3v) is 6.25. The van der Waals surface area contributed by atoms with Crippen molar-refractivity contribution in [2.45, 2.75) is 26.2 Å². The number of hydrogen-bond donors (Lipinski definition) is 1. The molecule has 0 radical (unpaired) electrons. The normalized spacial score (nSPS) is 13.4. The number of nitrogens with zero attached hydrogens (tertiary/aromatic N) is 2. The van der Waals surface area contributed by atoms with Crippen LogP contribution in [0.4, 0.5) is 5.69 Å². The van der Waals surface area contributed by atoms with Gasteiger partial charge in [0.05, 0.1) is 6.61 Å². The van der Waals surface area contributed by atoms with E-state index in [9.17, 15) is 9.59 Å². The molecule has 8 nitrogen and oxygen atoms in total. The Labute approximate surface area is 215 Å². The van der Waals surface area contributed by atoms with Crippen LogP contribution in [0.25, 0.3) is 22.6 Å². The summed E-state index contributed by atoms with van der Waals surface area (Å²) in [6.45, 7) is 3.75. The molecule has 2 amide bonds. The molecule has 1 aromatic heterocycles. The van der Waals surface area contributed by atoms with Gasteiger partial charge in [-0.2, -0.15) is 0 Å². The minimum atomic E-state index is -0.286. The second-order valence-corrected chi connectivity index (χ2v) is 8.84. The van der Waals surface area contributed by atoms with Crippen molar-refractivity contribution in [2.75, 3.05) is 31.6 Å². The molecule has 1 fully saturated rings. The van der Waals surface area contributed by atoms with Crippen LogP contribution in [0.15, 0.2) is 71.1 Å². The Bertz CT molecular complexity index is 1360. The SMILES string of the molecule is CCOc1cc(C(=O)Nc2ccc(-c3nc4ccccc4o3)cc2)ccc1OCC(=O)N1CCCCC1. The summed E-state index contributed by atoms with van der Waals surface area (Å²) in [6.07, 6.45) is 3.21. The molecule has 0 bridgehead atoms. The average Bonchev–Trinajstić information content (AvgIpc) is 3.37. The van der Waals surface area contributed by atoms with Gasteiger partial charge in [-0.15, -0.1) is 0 Å². The average molecular weight is 500 g/mol. The van der Waals surface area contributed by atoms with Crippen LogP contribution >= 0.6 is 0 Å². The second-order valence-electron chi connectivity index (χ2n) is 8.84. The fourth-order valence-corrected chi connectivity index (χ4v) is 4.31. The number of carbonyl (C=O) groups excluding carboxylic acids is 2. The lowest BCUT2D eigenvalue weighted by molar-refractivity contribution is -0.134. The quantitative estimate of drug-likeness (QED) is 0.342. The molecular formula is C29H29N3O5. The zero-order valence-electron chi connectivity index (χ0n) is 20.7. The van der Waals surface area contributed by atoms with E-state index in [-0.39, 0.29) is 18.4 Å². The van der Waals surface area contributed by atoms with Crippen molar-refractivity contribution in [3.8, 4) is 23.0 Å². The standard InChI is InChI=1S/C29H29N3O5/c1-2-35-26-18-21(12-15-25(26)36-19-27(33)32-16-6-3-7-17-32)28(34)30-22-13-10-20(11-14-22)29-31-23-8-4-5-9-24(23)37-29/h4-5,8-15,18H,2-3,6-7,16-17,19H2,1H3,(H,30,34). The Morgan fingerprint density at radius 3 is 2.49 bits per heavy atom. The molecule has 1 aliphatic rings. The van der Waals surface area contributed by atoms with E-state index in [1.54, 1.807) is 30.3 Å². The number of rotatable bonds is 8. The summed E-state index contributed by atoms with van der Waals surface area (Å²) in [5.41, 5.74) is 3.39. The molecule has 4 aromatic rings. The van der Waals surface area contributed by atoms with Gasteiger partial charge in [-0.1, -0.05) is 12.1 Å². The Kier molecular flexibility index (Phi) is 7.35. The van der Waals surface area contributed by atoms with E-state index in [4.69, 9.17) is 13.9 Å². The van der Waals surface area contributed by atoms with Crippen LogP contribution in [0.2, 0.25) is 0 Å². The highest BCUT2D eigenvalue weighted by molar-refractivity contribution is 6.04. The van der Waals surface area contributed by atoms with Crippen molar-refractivity contribution in [2.24, 2.45) is 0 Å². The fourth-order valence-electron chi connectivity index (χ4n) is 4.31. The number of carbonyl (C=O) groups is 2. The lowest BCUT2D eigenvalue weighted by Gasteiger charge is -2.26. The molecule has 3 aromatic carbocycles. The zero-order chi connectivity index (χ0) is 25.6. The van der Waals surface area contributed by atoms with E-state index in [0.29, 0.717) is 35.2 Å². The van der Waals surface area contributed by atoms with Gasteiger partial charge in [0, 0.05) is 29.9 Å². The van der Waals surface area contributed by atoms with E-state index >= 15 is 0 Å². The third-order valence-electron chi connectivity index (χ3n) is 6.25. The maximum atomic E-state index is 12.9. The minimum absolute atomic E-state index is 0.0368. The van der Waals surface area contributed by atoms with E-state index in [2.05, 4.69) is 10.3 Å². The first kappa shape index (κ1) is 24.4. The summed E-state index contributed by atoms with van der Waals surface area (Å²) in [5, 5.41) is 2.90. The third kappa shape index (κ3) is 5.74. The molecule has 0 spiro atoms. The molecule has 0 unspecified atom stereocenters. The van der Waals surface area contributed by atoms with Crippen molar-refractivity contribution in [3.63, 3.8) is 0 Å². The smallest absolute Gasteiger partial charge is 0.260 e. The maximum absolute atomic E-state index is 12.9. The predicted molar refractivity (Wildman–Crippen MR) is 141 cm³/mol. The number of aromatic nitrogens is 1. The largest absolute Gasteiger partial charge is 0.490 e. The van der Waals surface area contributed by atoms with Crippen LogP contribution in [0.3, 0.4) is 0 Å². The van der Waals surface area contributed by atoms with Crippen molar-refractivity contribution in [1.29, 1.82) is 0 Å². The molecule has 0 saturated carbocycles. The highest BCUT2D eigenvalue weighted by atomic mass is 16.5. The van der Waals surface area contributed by atoms with E-state index < -0.39 is 0 Å². The number of fused-ring (bicyclic) bond motifs is 1. The Balaban J connectivity index is 1.24. The van der Waals surface area contributed by atoms with Crippen molar-refractivity contribution in [3.05, 3.63) is 72.3 Å². The van der Waals surface area contributed by atoms with Crippen LogP contribution in [0, 0.1) is 0 Å². The van der Waals surface area contributed by atoms with Gasteiger partial charge in [-0.3, -0.25) is 9.59 Å². The van der Waals surface area contributed by atoms with Crippen LogP contribution in [0.5, 0.6) is 11.5 Å². The number of oxazole rings is 1. The molecule has 190 valence electrons. The van der Waals surface area contributed by atoms with Gasteiger partial charge in [0.1, 0.15) is 5.52 Å². The van der Waals surface area contributed by atoms with Crippen LogP contribution in [-0.2, 0) is 4.79 Å². The number of amides is 2. The molecule has 5 rings (SSSR count). The van der Waals surface area contributed by atoms with Gasteiger partial charge >= 0.3 is 0 Å². The summed E-state index contributed by atoms with van der Waals surface area (Å²) in [4.78, 5) is 31.7. The van der Waals surface area contributed by atoms with Gasteiger partial charge in [0.25, 0.3) is 11.8 Å². The molecule has 8 heteroatoms. The summed E-state index contributed by atoms with van der Waals surface area (Å²) in [6, 6.07) is 19.8. The van der Waals surface area contributed by atoms with Crippen molar-refractivity contribution >= 4 is 28.6 Å². The first-order chi connectivity index (χ1) is 18.1. The number of hydrogen-bond acceptors (Lipinski definition) is 6. The van der Waals surface area contributed by atoms with Crippen molar-refractivity contribution < 1.29 is 23.5 Å². The summed E-state index contributed by atoms with van der Waals surface area (Å²) < 4.78 is 17.3. The zero-order valence-corrected chi connectivity index (χ0v) is 20.7. The number of piperidine rings is 1. The maximum Gasteiger partial charge on any atom is 0.260 e. The van der Waals surface area contributed by atoms with Crippen molar-refractivity contribution in [1.82, 2.24) is 9.88 Å². The first-order valence-corrected chi connectivity index (χ1v) is 12.6. The van der Waals surface area contributed by atoms with Crippen LogP contribution in [-0.4, -0.2) is 48.0 Å². The Hall–Kier alpha value is -4.33. The molecule has 1 saturated heterocycles. The molecular weight excluding hydrogens is 470 g/mol. The summed E-state index contributed by atoms with van der Waals surface area (Å²) in [7, 11) is 0. The lowest BCUT2D eigenvalue weighted by Crippen LogP contribution is -2.38. The number of para-hydroxylation sites is 2. The molecule has 1 aliphatic heterocycles. The van der Waals surface area contributed by atoms with E-state index in [1.807, 2.05) is 48.2 Å². The first-order valence-electron chi connectivity index (χ1n) is 12.6. The number of benzene rings is 3. The lowest BCUT2D eigenvalue weighted by atomic mass is 10.1. The van der Waals surface area contributed by atoms with E-state index in [1.165, 1.54) is 0 Å². The topological polar surface area (TPSA) is 93.9 Å². The van der Waals surface area contributed by atoms with Gasteiger partial charge in [-0.25, -0.2) is 4.98 Å². The Morgan fingerprint density at radius 2 is 1.73 bits per heavy atom. The second kappa shape index (κ2) is 11.2. The van der Waals surface area contributed by atoms with Gasteiger partial charge < -0.3 is 24.1 Å². The molecule has 2 heterocycles. The van der Waals surface area contributed by atoms with Gasteiger partial charge in [-0.05, 0) is 80.8 Å². The minimum Gasteiger partial charge on any atom is -0.490 e. The summed E-state index contributed by atoms with van der Waals surface area (Å²) in [5.74, 6) is 1.06. The van der Waals surface area contributed by atoms with E-state index in [0.717, 1.165) is 49.0 Å². The highest BCUT2D eigenvalue weighted by Crippen LogP contribution is 2.30. The molecule has 0 atom stereocenters. The Morgan fingerprint density at radius 1 is 0.946 bits per heavy atom. The monoisotopic (exact) mass is 499 g/mol. The van der Waals surface area contributed by atoms with Crippen LogP contribution < -0.4 is 14.8 Å². The molecule has 1 N–H and O–H groups in total. The molecule has 0 aliphatic carbocycles. The van der Waals surface area contributed by atoms with Crippen LogP contribution in [0.1, 0.15) is 36.5 Å². The van der Waals surface area contributed by atoms with Gasteiger partial charge in [0.15, 0.2) is 23.7 Å². The summed E-state index contributed by atoms with van der Waals surface area (Å²) >= 11 is 0. The number of anilines is 1. The number of ether oxygens (including phenoxy) is 2. The molecule has 37 heavy (non-hydrogen) atoms. The number of likely N-dealkylation sites (tertiary alicyclic amines) is 1. The van der Waals surface area contributed by atoms with Gasteiger partial charge in [0.2, 0.25) is 5.89 Å².